The van der Waals surface area contributed by atoms with E-state index in [1.165, 1.54) is 5.56 Å². The summed E-state index contributed by atoms with van der Waals surface area (Å²) in [6, 6.07) is 10.2. The summed E-state index contributed by atoms with van der Waals surface area (Å²) in [6.07, 6.45) is 0.808. The van der Waals surface area contributed by atoms with Gasteiger partial charge in [0.15, 0.2) is 0 Å². The number of benzene rings is 1. The highest BCUT2D eigenvalue weighted by molar-refractivity contribution is 5.30. The van der Waals surface area contributed by atoms with Crippen molar-refractivity contribution in [2.45, 2.75) is 20.3 Å². The number of nitrogens with one attached hydrogen (secondary N) is 1. The van der Waals surface area contributed by atoms with E-state index in [9.17, 15) is 4.79 Å². The normalized spacial score (nSPS) is 10.4. The Morgan fingerprint density at radius 1 is 1.19 bits per heavy atom. The zero-order valence-electron chi connectivity index (χ0n) is 9.45. The molecule has 0 unspecified atom stereocenters. The molecule has 1 heterocycles. The highest BCUT2D eigenvalue weighted by atomic mass is 16.1. The maximum absolute atomic E-state index is 11.1. The monoisotopic (exact) mass is 214 g/mol. The second kappa shape index (κ2) is 4.31. The van der Waals surface area contributed by atoms with Gasteiger partial charge >= 0.3 is 5.69 Å². The molecule has 0 fully saturated rings. The van der Waals surface area contributed by atoms with Gasteiger partial charge in [-0.15, -0.1) is 0 Å². The zero-order valence-corrected chi connectivity index (χ0v) is 9.45. The second-order valence-electron chi connectivity index (χ2n) is 3.89. The Bertz CT molecular complexity index is 517. The van der Waals surface area contributed by atoms with E-state index in [2.05, 4.69) is 22.1 Å². The third-order valence-corrected chi connectivity index (χ3v) is 2.68. The highest BCUT2D eigenvalue weighted by Crippen LogP contribution is 2.13. The van der Waals surface area contributed by atoms with Crippen molar-refractivity contribution in [3.8, 4) is 0 Å². The van der Waals surface area contributed by atoms with Crippen molar-refractivity contribution in [1.29, 1.82) is 0 Å². The number of aryl methyl sites for hydroxylation is 2. The molecule has 0 aliphatic rings. The van der Waals surface area contributed by atoms with Gasteiger partial charge in [-0.1, -0.05) is 30.3 Å². The Balaban J connectivity index is 2.39. The lowest BCUT2D eigenvalue weighted by atomic mass is 10.0. The van der Waals surface area contributed by atoms with E-state index in [1.807, 2.05) is 32.0 Å². The van der Waals surface area contributed by atoms with Crippen LogP contribution in [0.5, 0.6) is 0 Å². The van der Waals surface area contributed by atoms with E-state index in [-0.39, 0.29) is 5.69 Å². The molecule has 0 aliphatic heterocycles. The number of aromatic amines is 1. The molecule has 0 radical (unpaired) electrons. The molecule has 0 bridgehead atoms. The molecule has 2 rings (SSSR count). The molecule has 1 aromatic carbocycles. The molecule has 0 amide bonds. The van der Waals surface area contributed by atoms with E-state index >= 15 is 0 Å². The third-order valence-electron chi connectivity index (χ3n) is 2.68. The van der Waals surface area contributed by atoms with E-state index in [1.54, 1.807) is 0 Å². The molecule has 0 saturated heterocycles. The van der Waals surface area contributed by atoms with Gasteiger partial charge < -0.3 is 4.98 Å². The predicted molar refractivity (Wildman–Crippen MR) is 63.6 cm³/mol. The maximum Gasteiger partial charge on any atom is 0.345 e. The van der Waals surface area contributed by atoms with Crippen LogP contribution < -0.4 is 5.69 Å². The molecule has 16 heavy (non-hydrogen) atoms. The lowest BCUT2D eigenvalue weighted by Crippen LogP contribution is -2.16. The van der Waals surface area contributed by atoms with Crippen LogP contribution in [0.3, 0.4) is 0 Å². The Morgan fingerprint density at radius 2 is 1.88 bits per heavy atom. The van der Waals surface area contributed by atoms with E-state index in [4.69, 9.17) is 0 Å². The quantitative estimate of drug-likeness (QED) is 0.830. The van der Waals surface area contributed by atoms with Crippen LogP contribution >= 0.6 is 0 Å². The van der Waals surface area contributed by atoms with E-state index in [0.717, 1.165) is 23.4 Å². The van der Waals surface area contributed by atoms with Crippen molar-refractivity contribution < 1.29 is 0 Å². The van der Waals surface area contributed by atoms with Gasteiger partial charge in [-0.2, -0.15) is 4.98 Å². The number of hydrogen-bond donors (Lipinski definition) is 1. The van der Waals surface area contributed by atoms with Crippen LogP contribution in [0, 0.1) is 13.8 Å². The molecule has 82 valence electrons. The third kappa shape index (κ3) is 2.19. The summed E-state index contributed by atoms with van der Waals surface area (Å²) in [7, 11) is 0. The number of H-pyrrole nitrogens is 1. The molecular weight excluding hydrogens is 200 g/mol. The smallest absolute Gasteiger partial charge is 0.310 e. The molecular formula is C13H14N2O. The van der Waals surface area contributed by atoms with Crippen LogP contribution in [0.15, 0.2) is 35.1 Å². The molecule has 3 heteroatoms. The van der Waals surface area contributed by atoms with Gasteiger partial charge in [-0.05, 0) is 25.0 Å². The fraction of sp³-hybridized carbons (Fsp3) is 0.231. The lowest BCUT2D eigenvalue weighted by molar-refractivity contribution is 0.929. The molecule has 0 saturated carbocycles. The van der Waals surface area contributed by atoms with Crippen molar-refractivity contribution in [2.75, 3.05) is 0 Å². The van der Waals surface area contributed by atoms with Crippen molar-refractivity contribution >= 4 is 0 Å². The lowest BCUT2D eigenvalue weighted by Gasteiger charge is -2.07. The summed E-state index contributed by atoms with van der Waals surface area (Å²) < 4.78 is 0. The SMILES string of the molecule is Cc1nc(=O)[nH]c(C)c1Cc1ccccc1. The highest BCUT2D eigenvalue weighted by Gasteiger charge is 2.06. The Kier molecular flexibility index (Phi) is 2.86. The average molecular weight is 214 g/mol. The molecule has 0 spiro atoms. The minimum atomic E-state index is -0.271. The Labute approximate surface area is 94.2 Å². The van der Waals surface area contributed by atoms with Crippen molar-refractivity contribution in [1.82, 2.24) is 9.97 Å². The molecule has 0 atom stereocenters. The Morgan fingerprint density at radius 3 is 2.50 bits per heavy atom. The molecule has 3 nitrogen and oxygen atoms in total. The van der Waals surface area contributed by atoms with Crippen LogP contribution in [-0.2, 0) is 6.42 Å². The van der Waals surface area contributed by atoms with Crippen LogP contribution in [0.1, 0.15) is 22.5 Å². The number of aromatic nitrogens is 2. The Hall–Kier alpha value is -1.90. The van der Waals surface area contributed by atoms with Crippen molar-refractivity contribution in [3.05, 3.63) is 63.3 Å². The van der Waals surface area contributed by atoms with Gasteiger partial charge in [0.05, 0.1) is 0 Å². The number of nitrogens with zero attached hydrogens (tertiary/aromatic N) is 1. The van der Waals surface area contributed by atoms with E-state index < -0.39 is 0 Å². The molecule has 0 aliphatic carbocycles. The first-order chi connectivity index (χ1) is 7.66. The fourth-order valence-corrected chi connectivity index (χ4v) is 1.82. The maximum atomic E-state index is 11.1. The fourth-order valence-electron chi connectivity index (χ4n) is 1.82. The second-order valence-corrected chi connectivity index (χ2v) is 3.89. The number of rotatable bonds is 2. The molecule has 1 aromatic heterocycles. The zero-order chi connectivity index (χ0) is 11.5. The van der Waals surface area contributed by atoms with Crippen molar-refractivity contribution in [2.24, 2.45) is 0 Å². The summed E-state index contributed by atoms with van der Waals surface area (Å²) in [4.78, 5) is 17.8. The van der Waals surface area contributed by atoms with Gasteiger partial charge in [0, 0.05) is 17.8 Å². The van der Waals surface area contributed by atoms with Crippen LogP contribution in [0.25, 0.3) is 0 Å². The van der Waals surface area contributed by atoms with E-state index in [0.29, 0.717) is 0 Å². The minimum Gasteiger partial charge on any atom is -0.310 e. The number of hydrogen-bond acceptors (Lipinski definition) is 2. The van der Waals surface area contributed by atoms with Gasteiger partial charge in [0.25, 0.3) is 0 Å². The van der Waals surface area contributed by atoms with Crippen LogP contribution in [-0.4, -0.2) is 9.97 Å². The average Bonchev–Trinajstić information content (AvgIpc) is 2.25. The summed E-state index contributed by atoms with van der Waals surface area (Å²) in [6.45, 7) is 3.79. The van der Waals surface area contributed by atoms with Gasteiger partial charge in [0.2, 0.25) is 0 Å². The predicted octanol–water partition coefficient (Wildman–Crippen LogP) is 1.98. The molecule has 2 aromatic rings. The van der Waals surface area contributed by atoms with Crippen molar-refractivity contribution in [3.63, 3.8) is 0 Å². The van der Waals surface area contributed by atoms with Crippen LogP contribution in [0.2, 0.25) is 0 Å². The van der Waals surface area contributed by atoms with Gasteiger partial charge in [0.1, 0.15) is 0 Å². The standard InChI is InChI=1S/C13H14N2O/c1-9-12(10(2)15-13(16)14-9)8-11-6-4-3-5-7-11/h3-7H,8H2,1-2H3,(H,14,15,16). The molecule has 1 N–H and O–H groups in total. The summed E-state index contributed by atoms with van der Waals surface area (Å²) >= 11 is 0. The summed E-state index contributed by atoms with van der Waals surface area (Å²) in [5.41, 5.74) is 3.77. The van der Waals surface area contributed by atoms with Gasteiger partial charge in [-0.3, -0.25) is 0 Å². The van der Waals surface area contributed by atoms with Crippen LogP contribution in [0.4, 0.5) is 0 Å². The first-order valence-corrected chi connectivity index (χ1v) is 5.27. The summed E-state index contributed by atoms with van der Waals surface area (Å²) in [5, 5.41) is 0. The largest absolute Gasteiger partial charge is 0.345 e. The topological polar surface area (TPSA) is 45.8 Å². The van der Waals surface area contributed by atoms with Gasteiger partial charge in [-0.25, -0.2) is 4.79 Å². The first-order valence-electron chi connectivity index (χ1n) is 5.27. The first kappa shape index (κ1) is 10.6. The minimum absolute atomic E-state index is 0.271. The summed E-state index contributed by atoms with van der Waals surface area (Å²) in [5.74, 6) is 0.